The summed E-state index contributed by atoms with van der Waals surface area (Å²) < 4.78 is 39.2. The summed E-state index contributed by atoms with van der Waals surface area (Å²) in [7, 11) is -2.41. The van der Waals surface area contributed by atoms with E-state index in [0.29, 0.717) is 34.9 Å². The molecule has 0 unspecified atom stereocenters. The summed E-state index contributed by atoms with van der Waals surface area (Å²) >= 11 is 0. The Bertz CT molecular complexity index is 998. The molecule has 1 aliphatic rings. The van der Waals surface area contributed by atoms with Crippen molar-refractivity contribution in [2.75, 3.05) is 24.6 Å². The molecule has 0 aromatic heterocycles. The van der Waals surface area contributed by atoms with Crippen LogP contribution in [0.5, 0.6) is 11.5 Å². The van der Waals surface area contributed by atoms with Crippen molar-refractivity contribution in [3.63, 3.8) is 0 Å². The molecule has 0 radical (unpaired) electrons. The number of carbonyl (C=O) groups is 1. The normalized spacial score (nSPS) is 14.1. The molecule has 0 spiro atoms. The number of hydrogen-bond donors (Lipinski definition) is 0. The molecule has 0 saturated heterocycles. The second kappa shape index (κ2) is 7.23. The highest BCUT2D eigenvalue weighted by molar-refractivity contribution is 7.93. The van der Waals surface area contributed by atoms with Gasteiger partial charge in [0.25, 0.3) is 10.0 Å². The minimum absolute atomic E-state index is 0.0836. The van der Waals surface area contributed by atoms with Gasteiger partial charge in [-0.15, -0.1) is 0 Å². The van der Waals surface area contributed by atoms with E-state index in [-0.39, 0.29) is 23.6 Å². The Morgan fingerprint density at radius 2 is 1.85 bits per heavy atom. The fourth-order valence-electron chi connectivity index (χ4n) is 3.33. The van der Waals surface area contributed by atoms with Crippen molar-refractivity contribution in [1.29, 1.82) is 0 Å². The third kappa shape index (κ3) is 3.27. The lowest BCUT2D eigenvalue weighted by atomic mass is 10.0. The Labute approximate surface area is 159 Å². The molecule has 144 valence electrons. The zero-order valence-electron chi connectivity index (χ0n) is 15.9. The lowest BCUT2D eigenvalue weighted by molar-refractivity contribution is 0.0981. The van der Waals surface area contributed by atoms with E-state index in [0.717, 1.165) is 5.56 Å². The molecular weight excluding hydrogens is 366 g/mol. The first-order chi connectivity index (χ1) is 12.8. The summed E-state index contributed by atoms with van der Waals surface area (Å²) in [5, 5.41) is 0. The van der Waals surface area contributed by atoms with Gasteiger partial charge in [-0.25, -0.2) is 8.42 Å². The van der Waals surface area contributed by atoms with Crippen LogP contribution in [0.4, 0.5) is 5.69 Å². The second-order valence-electron chi connectivity index (χ2n) is 6.42. The van der Waals surface area contributed by atoms with Crippen molar-refractivity contribution in [3.8, 4) is 11.5 Å². The third-order valence-corrected chi connectivity index (χ3v) is 6.59. The van der Waals surface area contributed by atoms with E-state index < -0.39 is 10.0 Å². The smallest absolute Gasteiger partial charge is 0.264 e. The Kier molecular flexibility index (Phi) is 5.15. The zero-order chi connectivity index (χ0) is 19.8. The van der Waals surface area contributed by atoms with Crippen LogP contribution in [0.25, 0.3) is 0 Å². The van der Waals surface area contributed by atoms with Crippen LogP contribution in [-0.4, -0.2) is 34.5 Å². The largest absolute Gasteiger partial charge is 0.495 e. The van der Waals surface area contributed by atoms with E-state index in [1.165, 1.54) is 11.4 Å². The van der Waals surface area contributed by atoms with E-state index in [4.69, 9.17) is 9.47 Å². The molecule has 0 saturated carbocycles. The Morgan fingerprint density at radius 1 is 1.11 bits per heavy atom. The van der Waals surface area contributed by atoms with Gasteiger partial charge in [0.2, 0.25) is 0 Å². The molecule has 2 aromatic carbocycles. The number of hydrogen-bond acceptors (Lipinski definition) is 5. The maximum atomic E-state index is 13.5. The summed E-state index contributed by atoms with van der Waals surface area (Å²) in [6.07, 6.45) is 0.133. The minimum Gasteiger partial charge on any atom is -0.495 e. The van der Waals surface area contributed by atoms with Crippen LogP contribution < -0.4 is 13.8 Å². The number of ether oxygens (including phenoxy) is 2. The van der Waals surface area contributed by atoms with Gasteiger partial charge in [-0.05, 0) is 56.2 Å². The van der Waals surface area contributed by atoms with Gasteiger partial charge in [0.15, 0.2) is 5.78 Å². The number of fused-ring (bicyclic) bond motifs is 1. The first-order valence-corrected chi connectivity index (χ1v) is 10.2. The Morgan fingerprint density at radius 3 is 2.52 bits per heavy atom. The quantitative estimate of drug-likeness (QED) is 0.783. The van der Waals surface area contributed by atoms with E-state index in [9.17, 15) is 13.2 Å². The van der Waals surface area contributed by atoms with Crippen molar-refractivity contribution in [2.24, 2.45) is 0 Å². The number of methoxy groups -OCH3 is 1. The predicted molar refractivity (Wildman–Crippen MR) is 104 cm³/mol. The number of nitrogens with zero attached hydrogens (tertiary/aromatic N) is 1. The van der Waals surface area contributed by atoms with Crippen LogP contribution in [0.1, 0.15) is 34.8 Å². The molecule has 2 aromatic rings. The van der Waals surface area contributed by atoms with Crippen molar-refractivity contribution in [3.05, 3.63) is 47.0 Å². The standard InChI is InChI=1S/C20H23NO5S/c1-5-26-18-11-14(3)19(12-13(18)2)27(23,24)21-10-9-16(22)15-7-6-8-17(25-4)20(15)21/h6-8,11-12H,5,9-10H2,1-4H3. The number of Topliss-reactive ketones (excluding diaryl/α,β-unsaturated/α-hetero) is 1. The molecule has 7 heteroatoms. The highest BCUT2D eigenvalue weighted by atomic mass is 32.2. The number of para-hydroxylation sites is 1. The first-order valence-electron chi connectivity index (χ1n) is 8.78. The Balaban J connectivity index is 2.17. The number of sulfonamides is 1. The molecule has 0 atom stereocenters. The van der Waals surface area contributed by atoms with Gasteiger partial charge in [-0.1, -0.05) is 6.07 Å². The summed E-state index contributed by atoms with van der Waals surface area (Å²) in [5.41, 5.74) is 2.01. The fourth-order valence-corrected chi connectivity index (χ4v) is 5.12. The molecule has 6 nitrogen and oxygen atoms in total. The first kappa shape index (κ1) is 19.2. The van der Waals surface area contributed by atoms with E-state index in [1.54, 1.807) is 37.3 Å². The second-order valence-corrected chi connectivity index (χ2v) is 8.25. The van der Waals surface area contributed by atoms with E-state index in [1.807, 2.05) is 13.8 Å². The highest BCUT2D eigenvalue weighted by Gasteiger charge is 2.35. The summed E-state index contributed by atoms with van der Waals surface area (Å²) in [5.74, 6) is 0.945. The van der Waals surface area contributed by atoms with Crippen LogP contribution in [0.15, 0.2) is 35.2 Å². The topological polar surface area (TPSA) is 72.9 Å². The van der Waals surface area contributed by atoms with Crippen molar-refractivity contribution < 1.29 is 22.7 Å². The monoisotopic (exact) mass is 389 g/mol. The van der Waals surface area contributed by atoms with Gasteiger partial charge >= 0.3 is 0 Å². The number of benzene rings is 2. The van der Waals surface area contributed by atoms with Gasteiger partial charge in [0, 0.05) is 18.5 Å². The zero-order valence-corrected chi connectivity index (χ0v) is 16.7. The van der Waals surface area contributed by atoms with Crippen LogP contribution in [0, 0.1) is 13.8 Å². The van der Waals surface area contributed by atoms with E-state index in [2.05, 4.69) is 0 Å². The summed E-state index contributed by atoms with van der Waals surface area (Å²) in [6, 6.07) is 8.36. The van der Waals surface area contributed by atoms with Gasteiger partial charge in [0.05, 0.1) is 18.6 Å². The number of ketones is 1. The average molecular weight is 389 g/mol. The molecule has 1 heterocycles. The van der Waals surface area contributed by atoms with Gasteiger partial charge in [0.1, 0.15) is 17.2 Å². The summed E-state index contributed by atoms with van der Waals surface area (Å²) in [6.45, 7) is 6.03. The molecule has 0 fully saturated rings. The molecule has 0 amide bonds. The molecule has 1 aliphatic heterocycles. The van der Waals surface area contributed by atoms with Crippen LogP contribution >= 0.6 is 0 Å². The SMILES string of the molecule is CCOc1cc(C)c(S(=O)(=O)N2CCC(=O)c3cccc(OC)c32)cc1C. The van der Waals surface area contributed by atoms with Crippen molar-refractivity contribution in [1.82, 2.24) is 0 Å². The number of carbonyl (C=O) groups excluding carboxylic acids is 1. The van der Waals surface area contributed by atoms with E-state index >= 15 is 0 Å². The van der Waals surface area contributed by atoms with Crippen molar-refractivity contribution in [2.45, 2.75) is 32.1 Å². The van der Waals surface area contributed by atoms with Gasteiger partial charge in [-0.2, -0.15) is 0 Å². The molecule has 0 bridgehead atoms. The van der Waals surface area contributed by atoms with Gasteiger partial charge in [-0.3, -0.25) is 9.10 Å². The number of aryl methyl sites for hydroxylation is 2. The number of rotatable bonds is 5. The molecule has 27 heavy (non-hydrogen) atoms. The maximum absolute atomic E-state index is 13.5. The fraction of sp³-hybridized carbons (Fsp3) is 0.350. The predicted octanol–water partition coefficient (Wildman–Crippen LogP) is 3.49. The van der Waals surface area contributed by atoms with Gasteiger partial charge < -0.3 is 9.47 Å². The lowest BCUT2D eigenvalue weighted by Gasteiger charge is -2.31. The third-order valence-electron chi connectivity index (χ3n) is 4.65. The lowest BCUT2D eigenvalue weighted by Crippen LogP contribution is -2.38. The van der Waals surface area contributed by atoms with Crippen LogP contribution in [0.2, 0.25) is 0 Å². The van der Waals surface area contributed by atoms with Crippen LogP contribution in [-0.2, 0) is 10.0 Å². The minimum atomic E-state index is -3.87. The Hall–Kier alpha value is -2.54. The molecule has 0 aliphatic carbocycles. The molecule has 3 rings (SSSR count). The average Bonchev–Trinajstić information content (AvgIpc) is 2.64. The molecule has 0 N–H and O–H groups in total. The maximum Gasteiger partial charge on any atom is 0.264 e. The van der Waals surface area contributed by atoms with Crippen LogP contribution in [0.3, 0.4) is 0 Å². The molecular formula is C20H23NO5S. The van der Waals surface area contributed by atoms with Crippen molar-refractivity contribution >= 4 is 21.5 Å². The summed E-state index contributed by atoms with van der Waals surface area (Å²) in [4.78, 5) is 12.5. The highest BCUT2D eigenvalue weighted by Crippen LogP contribution is 2.40. The number of anilines is 1.